The van der Waals surface area contributed by atoms with Crippen LogP contribution < -0.4 is 10.1 Å². The molecule has 0 bridgehead atoms. The van der Waals surface area contributed by atoms with Crippen LogP contribution in [0.3, 0.4) is 0 Å². The molecule has 0 fully saturated rings. The molecule has 0 unspecified atom stereocenters. The molecule has 0 radical (unpaired) electrons. The Balaban J connectivity index is 2.00. The zero-order chi connectivity index (χ0) is 20.6. The van der Waals surface area contributed by atoms with Gasteiger partial charge in [0.25, 0.3) is 0 Å². The maximum Gasteiger partial charge on any atom is 0.344 e. The van der Waals surface area contributed by atoms with Crippen molar-refractivity contribution >= 4 is 28.5 Å². The third-order valence-corrected chi connectivity index (χ3v) is 4.05. The molecule has 0 atom stereocenters. The third kappa shape index (κ3) is 5.30. The normalized spacial score (nSPS) is 10.6. The molecule has 0 aliphatic rings. The number of benzene rings is 2. The van der Waals surface area contributed by atoms with Gasteiger partial charge in [0.05, 0.1) is 17.8 Å². The van der Waals surface area contributed by atoms with Crippen LogP contribution >= 0.6 is 0 Å². The highest BCUT2D eigenvalue weighted by molar-refractivity contribution is 5.96. The molecule has 2 aromatic carbocycles. The minimum atomic E-state index is -0.455. The van der Waals surface area contributed by atoms with Crippen molar-refractivity contribution in [3.63, 3.8) is 0 Å². The molecular formula is C22H22N2O5. The average molecular weight is 394 g/mol. The van der Waals surface area contributed by atoms with Gasteiger partial charge in [-0.05, 0) is 25.1 Å². The molecule has 3 rings (SSSR count). The molecule has 1 heterocycles. The third-order valence-electron chi connectivity index (χ3n) is 4.05. The standard InChI is InChI=1S/C22H22N2O5/c1-3-28-22(26)14-29-20-12-19(15-7-5-4-6-8-15)24-18-10-9-16(11-17(18)20)23-21(25)13-27-2/h4-12H,3,13-14H2,1-2H3,(H,23,25). The van der Waals surface area contributed by atoms with E-state index in [1.807, 2.05) is 30.3 Å². The number of carbonyl (C=O) groups is 2. The van der Waals surface area contributed by atoms with E-state index in [4.69, 9.17) is 19.2 Å². The molecule has 0 spiro atoms. The summed E-state index contributed by atoms with van der Waals surface area (Å²) in [4.78, 5) is 28.3. The number of pyridine rings is 1. The maximum absolute atomic E-state index is 11.8. The van der Waals surface area contributed by atoms with Gasteiger partial charge in [-0.1, -0.05) is 30.3 Å². The van der Waals surface area contributed by atoms with Crippen molar-refractivity contribution in [2.45, 2.75) is 6.92 Å². The Morgan fingerprint density at radius 3 is 2.55 bits per heavy atom. The highest BCUT2D eigenvalue weighted by atomic mass is 16.6. The number of fused-ring (bicyclic) bond motifs is 1. The smallest absolute Gasteiger partial charge is 0.344 e. The summed E-state index contributed by atoms with van der Waals surface area (Å²) in [6.45, 7) is 1.75. The van der Waals surface area contributed by atoms with Crippen LogP contribution in [-0.2, 0) is 19.1 Å². The molecule has 3 aromatic rings. The highest BCUT2D eigenvalue weighted by Crippen LogP contribution is 2.32. The lowest BCUT2D eigenvalue weighted by atomic mass is 10.1. The van der Waals surface area contributed by atoms with Crippen LogP contribution in [0.2, 0.25) is 0 Å². The van der Waals surface area contributed by atoms with Crippen molar-refractivity contribution in [2.75, 3.05) is 32.2 Å². The van der Waals surface area contributed by atoms with Gasteiger partial charge in [-0.3, -0.25) is 4.79 Å². The molecule has 0 aliphatic heterocycles. The fourth-order valence-electron chi connectivity index (χ4n) is 2.82. The maximum atomic E-state index is 11.8. The summed E-state index contributed by atoms with van der Waals surface area (Å²) in [7, 11) is 1.45. The average Bonchev–Trinajstić information content (AvgIpc) is 2.73. The second-order valence-electron chi connectivity index (χ2n) is 6.18. The Morgan fingerprint density at radius 2 is 1.83 bits per heavy atom. The summed E-state index contributed by atoms with van der Waals surface area (Å²) in [5, 5.41) is 3.43. The number of hydrogen-bond donors (Lipinski definition) is 1. The van der Waals surface area contributed by atoms with E-state index >= 15 is 0 Å². The molecule has 0 aliphatic carbocycles. The highest BCUT2D eigenvalue weighted by Gasteiger charge is 2.13. The van der Waals surface area contributed by atoms with Crippen molar-refractivity contribution in [3.8, 4) is 17.0 Å². The predicted molar refractivity (Wildman–Crippen MR) is 110 cm³/mol. The molecule has 1 aromatic heterocycles. The van der Waals surface area contributed by atoms with Crippen molar-refractivity contribution in [1.29, 1.82) is 0 Å². The molecule has 29 heavy (non-hydrogen) atoms. The Labute approximate surface area is 168 Å². The molecule has 1 amide bonds. The van der Waals surface area contributed by atoms with Crippen LogP contribution in [-0.4, -0.2) is 43.8 Å². The minimum Gasteiger partial charge on any atom is -0.481 e. The zero-order valence-corrected chi connectivity index (χ0v) is 16.3. The molecule has 1 N–H and O–H groups in total. The molecule has 7 heteroatoms. The molecule has 7 nitrogen and oxygen atoms in total. The van der Waals surface area contributed by atoms with Crippen LogP contribution in [0.5, 0.6) is 5.75 Å². The summed E-state index contributed by atoms with van der Waals surface area (Å²) < 4.78 is 15.5. The van der Waals surface area contributed by atoms with Crippen LogP contribution in [0.1, 0.15) is 6.92 Å². The predicted octanol–water partition coefficient (Wildman–Crippen LogP) is 3.43. The summed E-state index contributed by atoms with van der Waals surface area (Å²) in [5.41, 5.74) is 2.89. The van der Waals surface area contributed by atoms with E-state index in [1.165, 1.54) is 7.11 Å². The van der Waals surface area contributed by atoms with Crippen LogP contribution in [0, 0.1) is 0 Å². The fraction of sp³-hybridized carbons (Fsp3) is 0.227. The topological polar surface area (TPSA) is 86.8 Å². The first-order chi connectivity index (χ1) is 14.1. The monoisotopic (exact) mass is 394 g/mol. The second kappa shape index (κ2) is 9.66. The first kappa shape index (κ1) is 20.3. The van der Waals surface area contributed by atoms with Gasteiger partial charge in [-0.15, -0.1) is 0 Å². The lowest BCUT2D eigenvalue weighted by molar-refractivity contribution is -0.145. The van der Waals surface area contributed by atoms with Gasteiger partial charge in [-0.25, -0.2) is 9.78 Å². The number of aromatic nitrogens is 1. The van der Waals surface area contributed by atoms with Gasteiger partial charge >= 0.3 is 5.97 Å². The number of carbonyl (C=O) groups excluding carboxylic acids is 2. The number of anilines is 1. The number of rotatable bonds is 8. The number of esters is 1. The largest absolute Gasteiger partial charge is 0.481 e. The Bertz CT molecular complexity index is 1000. The van der Waals surface area contributed by atoms with E-state index in [1.54, 1.807) is 31.2 Å². The molecule has 150 valence electrons. The number of ether oxygens (including phenoxy) is 3. The van der Waals surface area contributed by atoms with E-state index < -0.39 is 5.97 Å². The van der Waals surface area contributed by atoms with Crippen molar-refractivity contribution in [2.24, 2.45) is 0 Å². The van der Waals surface area contributed by atoms with Crippen molar-refractivity contribution < 1.29 is 23.8 Å². The summed E-state index contributed by atoms with van der Waals surface area (Å²) in [6.07, 6.45) is 0. The van der Waals surface area contributed by atoms with Gasteiger partial charge in [0.15, 0.2) is 6.61 Å². The van der Waals surface area contributed by atoms with Crippen LogP contribution in [0.15, 0.2) is 54.6 Å². The van der Waals surface area contributed by atoms with Crippen molar-refractivity contribution in [3.05, 3.63) is 54.6 Å². The first-order valence-electron chi connectivity index (χ1n) is 9.18. The number of hydrogen-bond acceptors (Lipinski definition) is 6. The lowest BCUT2D eigenvalue weighted by Gasteiger charge is -2.13. The first-order valence-corrected chi connectivity index (χ1v) is 9.18. The number of nitrogens with one attached hydrogen (secondary N) is 1. The number of amides is 1. The van der Waals surface area contributed by atoms with Gasteiger partial charge in [0, 0.05) is 29.8 Å². The van der Waals surface area contributed by atoms with Crippen LogP contribution in [0.4, 0.5) is 5.69 Å². The summed E-state index contributed by atoms with van der Waals surface area (Å²) in [6, 6.07) is 16.8. The lowest BCUT2D eigenvalue weighted by Crippen LogP contribution is -2.17. The Morgan fingerprint density at radius 1 is 1.03 bits per heavy atom. The van der Waals surface area contributed by atoms with Gasteiger partial charge in [0.1, 0.15) is 12.4 Å². The summed E-state index contributed by atoms with van der Waals surface area (Å²) >= 11 is 0. The summed E-state index contributed by atoms with van der Waals surface area (Å²) in [5.74, 6) is -0.247. The van der Waals surface area contributed by atoms with E-state index in [9.17, 15) is 9.59 Å². The Hall–Kier alpha value is -3.45. The molecule has 0 saturated carbocycles. The number of methoxy groups -OCH3 is 1. The van der Waals surface area contributed by atoms with E-state index in [-0.39, 0.29) is 25.7 Å². The SMILES string of the molecule is CCOC(=O)COc1cc(-c2ccccc2)nc2ccc(NC(=O)COC)cc12. The van der Waals surface area contributed by atoms with Crippen molar-refractivity contribution in [1.82, 2.24) is 4.98 Å². The zero-order valence-electron chi connectivity index (χ0n) is 16.3. The van der Waals surface area contributed by atoms with Gasteiger partial charge in [-0.2, -0.15) is 0 Å². The van der Waals surface area contributed by atoms with Crippen LogP contribution in [0.25, 0.3) is 22.2 Å². The molecular weight excluding hydrogens is 372 g/mol. The van der Waals surface area contributed by atoms with E-state index in [0.717, 1.165) is 5.56 Å². The van der Waals surface area contributed by atoms with E-state index in [2.05, 4.69) is 5.32 Å². The second-order valence-corrected chi connectivity index (χ2v) is 6.18. The number of nitrogens with zero attached hydrogens (tertiary/aromatic N) is 1. The van der Waals surface area contributed by atoms with E-state index in [0.29, 0.717) is 28.0 Å². The molecule has 0 saturated heterocycles. The van der Waals surface area contributed by atoms with Gasteiger partial charge in [0.2, 0.25) is 5.91 Å². The van der Waals surface area contributed by atoms with Gasteiger partial charge < -0.3 is 19.5 Å². The quantitative estimate of drug-likeness (QED) is 0.589. The minimum absolute atomic E-state index is 0.0462. The Kier molecular flexibility index (Phi) is 6.76. The fourth-order valence-corrected chi connectivity index (χ4v) is 2.82.